The van der Waals surface area contributed by atoms with Gasteiger partial charge in [0.15, 0.2) is 11.5 Å². The zero-order chi connectivity index (χ0) is 14.7. The van der Waals surface area contributed by atoms with E-state index >= 15 is 0 Å². The lowest BCUT2D eigenvalue weighted by atomic mass is 10.1. The Labute approximate surface area is 110 Å². The molecule has 1 aliphatic rings. The number of hydroxylamine groups is 2. The number of amides is 2. The molecule has 0 saturated carbocycles. The summed E-state index contributed by atoms with van der Waals surface area (Å²) in [6, 6.07) is 2.32. The molecule has 0 atom stereocenters. The van der Waals surface area contributed by atoms with Gasteiger partial charge in [0, 0.05) is 0 Å². The molecule has 102 valence electrons. The number of rotatable bonds is 6. The lowest BCUT2D eigenvalue weighted by Gasteiger charge is -2.08. The first-order valence-electron chi connectivity index (χ1n) is 5.02. The van der Waals surface area contributed by atoms with Crippen molar-refractivity contribution < 1.29 is 38.3 Å². The lowest BCUT2D eigenvalue weighted by Crippen LogP contribution is -2.29. The fourth-order valence-electron chi connectivity index (χ4n) is 1.71. The normalized spacial score (nSPS) is 12.7. The topological polar surface area (TPSA) is 116 Å². The van der Waals surface area contributed by atoms with Crippen molar-refractivity contribution in [1.82, 2.24) is 5.06 Å². The van der Waals surface area contributed by atoms with Crippen LogP contribution in [0.15, 0.2) is 12.1 Å². The molecule has 0 saturated heterocycles. The zero-order valence-corrected chi connectivity index (χ0v) is 9.60. The standard InChI is InChI=1S/C11H5NO8/c13-3-18-7-2-1-6-8(9(7)19-4-14)11(17)12(10(6)16)20-5-15/h1-5H. The minimum atomic E-state index is -1.02. The molecule has 1 aliphatic heterocycles. The molecular weight excluding hydrogens is 274 g/mol. The number of benzene rings is 1. The highest BCUT2D eigenvalue weighted by Gasteiger charge is 2.41. The van der Waals surface area contributed by atoms with E-state index in [-0.39, 0.29) is 41.4 Å². The minimum Gasteiger partial charge on any atom is -0.425 e. The Hall–Kier alpha value is -3.23. The summed E-state index contributed by atoms with van der Waals surface area (Å²) in [5.41, 5.74) is -0.504. The molecule has 2 rings (SSSR count). The van der Waals surface area contributed by atoms with Gasteiger partial charge < -0.3 is 14.3 Å². The van der Waals surface area contributed by atoms with Crippen LogP contribution >= 0.6 is 0 Å². The van der Waals surface area contributed by atoms with Crippen molar-refractivity contribution in [3.63, 3.8) is 0 Å². The Bertz CT molecular complexity index is 623. The van der Waals surface area contributed by atoms with Gasteiger partial charge in [-0.3, -0.25) is 24.0 Å². The van der Waals surface area contributed by atoms with E-state index in [1.807, 2.05) is 0 Å². The zero-order valence-electron chi connectivity index (χ0n) is 9.60. The highest BCUT2D eigenvalue weighted by molar-refractivity contribution is 6.22. The van der Waals surface area contributed by atoms with Crippen molar-refractivity contribution in [1.29, 1.82) is 0 Å². The van der Waals surface area contributed by atoms with Gasteiger partial charge in [0.25, 0.3) is 24.8 Å². The largest absolute Gasteiger partial charge is 0.425 e. The van der Waals surface area contributed by atoms with Gasteiger partial charge in [0.1, 0.15) is 5.56 Å². The second kappa shape index (κ2) is 5.18. The van der Waals surface area contributed by atoms with E-state index in [2.05, 4.69) is 14.3 Å². The van der Waals surface area contributed by atoms with Gasteiger partial charge in [-0.25, -0.2) is 0 Å². The summed E-state index contributed by atoms with van der Waals surface area (Å²) >= 11 is 0. The number of hydrogen-bond donors (Lipinski definition) is 0. The summed E-state index contributed by atoms with van der Waals surface area (Å²) in [5, 5.41) is 0.194. The summed E-state index contributed by atoms with van der Waals surface area (Å²) in [6.07, 6.45) is 0. The predicted molar refractivity (Wildman–Crippen MR) is 57.5 cm³/mol. The van der Waals surface area contributed by atoms with Gasteiger partial charge in [-0.05, 0) is 12.1 Å². The molecule has 2 amide bonds. The molecule has 1 heterocycles. The van der Waals surface area contributed by atoms with Gasteiger partial charge in [-0.2, -0.15) is 0 Å². The molecule has 0 fully saturated rings. The van der Waals surface area contributed by atoms with E-state index in [4.69, 9.17) is 0 Å². The quantitative estimate of drug-likeness (QED) is 0.502. The maximum Gasteiger partial charge on any atom is 0.321 e. The van der Waals surface area contributed by atoms with E-state index in [1.165, 1.54) is 6.07 Å². The van der Waals surface area contributed by atoms with Gasteiger partial charge in [-0.1, -0.05) is 5.06 Å². The molecule has 0 aromatic heterocycles. The smallest absolute Gasteiger partial charge is 0.321 e. The van der Waals surface area contributed by atoms with Crippen molar-refractivity contribution in [3.05, 3.63) is 23.3 Å². The average molecular weight is 279 g/mol. The second-order valence-corrected chi connectivity index (χ2v) is 3.35. The molecule has 1 aromatic rings. The molecule has 20 heavy (non-hydrogen) atoms. The summed E-state index contributed by atoms with van der Waals surface area (Å²) in [6.45, 7) is -0.0562. The summed E-state index contributed by atoms with van der Waals surface area (Å²) < 4.78 is 9.11. The van der Waals surface area contributed by atoms with Crippen molar-refractivity contribution in [2.45, 2.75) is 0 Å². The van der Waals surface area contributed by atoms with E-state index in [1.54, 1.807) is 0 Å². The first kappa shape index (κ1) is 13.2. The molecule has 0 unspecified atom stereocenters. The van der Waals surface area contributed by atoms with E-state index < -0.39 is 17.6 Å². The van der Waals surface area contributed by atoms with E-state index in [9.17, 15) is 24.0 Å². The van der Waals surface area contributed by atoms with E-state index in [0.717, 1.165) is 6.07 Å². The molecule has 0 bridgehead atoms. The van der Waals surface area contributed by atoms with Crippen molar-refractivity contribution in [3.8, 4) is 11.5 Å². The third-order valence-electron chi connectivity index (χ3n) is 2.42. The maximum atomic E-state index is 11.9. The molecule has 1 aromatic carbocycles. The fraction of sp³-hybridized carbons (Fsp3) is 0. The molecule has 0 N–H and O–H groups in total. The highest BCUT2D eigenvalue weighted by Crippen LogP contribution is 2.38. The Morgan fingerprint density at radius 1 is 0.900 bits per heavy atom. The Morgan fingerprint density at radius 3 is 2.20 bits per heavy atom. The van der Waals surface area contributed by atoms with Crippen LogP contribution in [0.4, 0.5) is 0 Å². The van der Waals surface area contributed by atoms with Gasteiger partial charge >= 0.3 is 6.47 Å². The SMILES string of the molecule is O=COc1ccc2c(c1OC=O)C(=O)N(OC=O)C2=O. The number of ether oxygens (including phenoxy) is 2. The van der Waals surface area contributed by atoms with Crippen molar-refractivity contribution in [2.75, 3.05) is 0 Å². The Morgan fingerprint density at radius 2 is 1.60 bits per heavy atom. The lowest BCUT2D eigenvalue weighted by molar-refractivity contribution is -0.151. The fourth-order valence-corrected chi connectivity index (χ4v) is 1.71. The summed E-state index contributed by atoms with van der Waals surface area (Å²) in [5.74, 6) is -2.59. The molecule has 0 spiro atoms. The Kier molecular flexibility index (Phi) is 3.42. The molecular formula is C11H5NO8. The average Bonchev–Trinajstić information content (AvgIpc) is 2.67. The summed E-state index contributed by atoms with van der Waals surface area (Å²) in [4.78, 5) is 59.0. The number of nitrogens with zero attached hydrogens (tertiary/aromatic N) is 1. The van der Waals surface area contributed by atoms with Crippen LogP contribution in [0.25, 0.3) is 0 Å². The number of imide groups is 1. The maximum absolute atomic E-state index is 11.9. The second-order valence-electron chi connectivity index (χ2n) is 3.35. The van der Waals surface area contributed by atoms with Gasteiger partial charge in [-0.15, -0.1) is 0 Å². The van der Waals surface area contributed by atoms with Crippen LogP contribution in [-0.4, -0.2) is 36.3 Å². The van der Waals surface area contributed by atoms with Crippen LogP contribution < -0.4 is 9.47 Å². The first-order valence-corrected chi connectivity index (χ1v) is 5.02. The number of carbonyl (C=O) groups is 5. The van der Waals surface area contributed by atoms with Crippen LogP contribution in [0.5, 0.6) is 11.5 Å². The predicted octanol–water partition coefficient (Wildman–Crippen LogP) is -0.559. The summed E-state index contributed by atoms with van der Waals surface area (Å²) in [7, 11) is 0. The molecule has 0 radical (unpaired) electrons. The van der Waals surface area contributed by atoms with Crippen LogP contribution in [0.2, 0.25) is 0 Å². The van der Waals surface area contributed by atoms with Gasteiger partial charge in [0.05, 0.1) is 5.56 Å². The highest BCUT2D eigenvalue weighted by atomic mass is 16.7. The Balaban J connectivity index is 2.60. The van der Waals surface area contributed by atoms with Crippen LogP contribution in [0, 0.1) is 0 Å². The van der Waals surface area contributed by atoms with Crippen LogP contribution in [-0.2, 0) is 19.2 Å². The van der Waals surface area contributed by atoms with Crippen LogP contribution in [0.3, 0.4) is 0 Å². The molecule has 9 nitrogen and oxygen atoms in total. The number of carbonyl (C=O) groups excluding carboxylic acids is 5. The van der Waals surface area contributed by atoms with Crippen molar-refractivity contribution >= 4 is 31.2 Å². The van der Waals surface area contributed by atoms with E-state index in [0.29, 0.717) is 0 Å². The molecule has 0 aliphatic carbocycles. The monoisotopic (exact) mass is 279 g/mol. The molecule has 9 heteroatoms. The van der Waals surface area contributed by atoms with Crippen molar-refractivity contribution in [2.24, 2.45) is 0 Å². The van der Waals surface area contributed by atoms with Gasteiger partial charge in [0.2, 0.25) is 0 Å². The third kappa shape index (κ3) is 1.86. The van der Waals surface area contributed by atoms with Crippen LogP contribution in [0.1, 0.15) is 20.7 Å². The minimum absolute atomic E-state index is 0.00568. The number of fused-ring (bicyclic) bond motifs is 1. The first-order chi connectivity index (χ1) is 9.65. The third-order valence-corrected chi connectivity index (χ3v) is 2.42. The number of hydrogen-bond acceptors (Lipinski definition) is 8.